The Hall–Kier alpha value is -0.550. The van der Waals surface area contributed by atoms with Gasteiger partial charge >= 0.3 is 0 Å². The van der Waals surface area contributed by atoms with Gasteiger partial charge < -0.3 is 10.6 Å². The maximum absolute atomic E-state index is 11.0. The van der Waals surface area contributed by atoms with Gasteiger partial charge in [0.1, 0.15) is 0 Å². The van der Waals surface area contributed by atoms with E-state index in [4.69, 9.17) is 0 Å². The van der Waals surface area contributed by atoms with Crippen molar-refractivity contribution in [1.82, 2.24) is 5.32 Å². The summed E-state index contributed by atoms with van der Waals surface area (Å²) in [6.45, 7) is 0.612. The van der Waals surface area contributed by atoms with Gasteiger partial charge in [-0.2, -0.15) is 0 Å². The van der Waals surface area contributed by atoms with Crippen LogP contribution in [0, 0.1) is 0 Å². The van der Waals surface area contributed by atoms with E-state index >= 15 is 0 Å². The van der Waals surface area contributed by atoms with Crippen molar-refractivity contribution in [3.63, 3.8) is 0 Å². The van der Waals surface area contributed by atoms with Crippen LogP contribution in [0.5, 0.6) is 0 Å². The van der Waals surface area contributed by atoms with E-state index in [0.717, 1.165) is 14.6 Å². The molecule has 82 valence electrons. The highest BCUT2D eigenvalue weighted by Crippen LogP contribution is 2.30. The van der Waals surface area contributed by atoms with Crippen molar-refractivity contribution < 1.29 is 4.79 Å². The predicted octanol–water partition coefficient (Wildman–Crippen LogP) is 2.76. The first kappa shape index (κ1) is 12.5. The first-order valence-corrected chi connectivity index (χ1v) is 6.12. The molecule has 2 N–H and O–H groups in total. The Morgan fingerprint density at radius 1 is 1.33 bits per heavy atom. The third-order valence-electron chi connectivity index (χ3n) is 1.90. The molecule has 0 fully saturated rings. The summed E-state index contributed by atoms with van der Waals surface area (Å²) in [4.78, 5) is 11.0. The fourth-order valence-electron chi connectivity index (χ4n) is 1.09. The Balaban J connectivity index is 2.54. The lowest BCUT2D eigenvalue weighted by Gasteiger charge is -2.09. The van der Waals surface area contributed by atoms with Crippen LogP contribution in [-0.4, -0.2) is 19.5 Å². The van der Waals surface area contributed by atoms with Crippen molar-refractivity contribution in [2.75, 3.05) is 18.9 Å². The number of benzene rings is 1. The molecule has 1 aromatic carbocycles. The second kappa shape index (κ2) is 6.12. The summed E-state index contributed by atoms with van der Waals surface area (Å²) in [5, 5.41) is 5.77. The topological polar surface area (TPSA) is 41.1 Å². The van der Waals surface area contributed by atoms with Gasteiger partial charge in [-0.3, -0.25) is 4.79 Å². The van der Waals surface area contributed by atoms with Crippen molar-refractivity contribution >= 4 is 43.5 Å². The van der Waals surface area contributed by atoms with Crippen LogP contribution >= 0.6 is 31.9 Å². The Kier molecular flexibility index (Phi) is 5.11. The molecule has 0 radical (unpaired) electrons. The standard InChI is InChI=1S/C10H12Br2N2O/c1-13-9(15)5-6-14-10-7(11)3-2-4-8(10)12/h2-4,14H,5-6H2,1H3,(H,13,15). The predicted molar refractivity (Wildman–Crippen MR) is 69.0 cm³/mol. The molecule has 15 heavy (non-hydrogen) atoms. The summed E-state index contributed by atoms with van der Waals surface area (Å²) >= 11 is 6.88. The number of amides is 1. The van der Waals surface area contributed by atoms with E-state index < -0.39 is 0 Å². The van der Waals surface area contributed by atoms with Crippen LogP contribution in [0.25, 0.3) is 0 Å². The second-order valence-corrected chi connectivity index (χ2v) is 4.66. The summed E-state index contributed by atoms with van der Waals surface area (Å²) in [7, 11) is 1.64. The van der Waals surface area contributed by atoms with Gasteiger partial charge in [0.2, 0.25) is 5.91 Å². The van der Waals surface area contributed by atoms with Gasteiger partial charge in [-0.25, -0.2) is 0 Å². The molecule has 0 unspecified atom stereocenters. The number of carbonyl (C=O) groups excluding carboxylic acids is 1. The summed E-state index contributed by atoms with van der Waals surface area (Å²) in [5.74, 6) is 0.0330. The molecule has 0 aromatic heterocycles. The maximum atomic E-state index is 11.0. The quantitative estimate of drug-likeness (QED) is 0.888. The lowest BCUT2D eigenvalue weighted by atomic mass is 10.3. The minimum Gasteiger partial charge on any atom is -0.383 e. The molecule has 3 nitrogen and oxygen atoms in total. The zero-order valence-electron chi connectivity index (χ0n) is 8.31. The van der Waals surface area contributed by atoms with E-state index in [0.29, 0.717) is 13.0 Å². The molecule has 0 aliphatic heterocycles. The summed E-state index contributed by atoms with van der Waals surface area (Å²) in [6.07, 6.45) is 0.463. The van der Waals surface area contributed by atoms with Crippen LogP contribution in [-0.2, 0) is 4.79 Å². The summed E-state index contributed by atoms with van der Waals surface area (Å²) < 4.78 is 1.96. The van der Waals surface area contributed by atoms with Crippen molar-refractivity contribution in [2.24, 2.45) is 0 Å². The average molecular weight is 336 g/mol. The smallest absolute Gasteiger partial charge is 0.221 e. The lowest BCUT2D eigenvalue weighted by Crippen LogP contribution is -2.20. The fraction of sp³-hybridized carbons (Fsp3) is 0.300. The Morgan fingerprint density at radius 2 is 1.93 bits per heavy atom. The zero-order valence-corrected chi connectivity index (χ0v) is 11.5. The van der Waals surface area contributed by atoms with Crippen molar-refractivity contribution in [1.29, 1.82) is 0 Å². The van der Waals surface area contributed by atoms with Crippen molar-refractivity contribution in [3.8, 4) is 0 Å². The molecule has 0 spiro atoms. The molecule has 5 heteroatoms. The van der Waals surface area contributed by atoms with E-state index in [-0.39, 0.29) is 5.91 Å². The highest BCUT2D eigenvalue weighted by atomic mass is 79.9. The molecular formula is C10H12Br2N2O. The largest absolute Gasteiger partial charge is 0.383 e. The molecule has 0 saturated heterocycles. The summed E-state index contributed by atoms with van der Waals surface area (Å²) in [5.41, 5.74) is 0.974. The maximum Gasteiger partial charge on any atom is 0.221 e. The average Bonchev–Trinajstić information content (AvgIpc) is 2.22. The van der Waals surface area contributed by atoms with Gasteiger partial charge in [0.25, 0.3) is 0 Å². The molecule has 1 rings (SSSR count). The SMILES string of the molecule is CNC(=O)CCNc1c(Br)cccc1Br. The number of halogens is 2. The second-order valence-electron chi connectivity index (χ2n) is 2.95. The highest BCUT2D eigenvalue weighted by molar-refractivity contribution is 9.11. The molecule has 0 bridgehead atoms. The fourth-order valence-corrected chi connectivity index (χ4v) is 2.37. The molecule has 0 aliphatic rings. The van der Waals surface area contributed by atoms with E-state index in [9.17, 15) is 4.79 Å². The minimum absolute atomic E-state index is 0.0330. The molecular weight excluding hydrogens is 324 g/mol. The number of hydrogen-bond donors (Lipinski definition) is 2. The van der Waals surface area contributed by atoms with E-state index in [1.54, 1.807) is 7.05 Å². The van der Waals surface area contributed by atoms with Gasteiger partial charge in [-0.1, -0.05) is 6.07 Å². The van der Waals surface area contributed by atoms with E-state index in [2.05, 4.69) is 42.5 Å². The molecule has 1 aromatic rings. The summed E-state index contributed by atoms with van der Waals surface area (Å²) in [6, 6.07) is 5.85. The molecule has 0 aliphatic carbocycles. The highest BCUT2D eigenvalue weighted by Gasteiger charge is 2.04. The van der Waals surface area contributed by atoms with Crippen LogP contribution in [0.2, 0.25) is 0 Å². The third-order valence-corrected chi connectivity index (χ3v) is 3.22. The number of carbonyl (C=O) groups is 1. The molecule has 0 saturated carbocycles. The number of rotatable bonds is 4. The monoisotopic (exact) mass is 334 g/mol. The van der Waals surface area contributed by atoms with Crippen molar-refractivity contribution in [2.45, 2.75) is 6.42 Å². The lowest BCUT2D eigenvalue weighted by molar-refractivity contribution is -0.120. The Morgan fingerprint density at radius 3 is 2.47 bits per heavy atom. The van der Waals surface area contributed by atoms with Gasteiger partial charge in [-0.05, 0) is 44.0 Å². The number of nitrogens with one attached hydrogen (secondary N) is 2. The molecule has 1 amide bonds. The molecule has 0 atom stereocenters. The van der Waals surface area contributed by atoms with Crippen LogP contribution in [0.15, 0.2) is 27.1 Å². The van der Waals surface area contributed by atoms with Crippen molar-refractivity contribution in [3.05, 3.63) is 27.1 Å². The van der Waals surface area contributed by atoms with Gasteiger partial charge in [0.05, 0.1) is 5.69 Å². The van der Waals surface area contributed by atoms with E-state index in [1.807, 2.05) is 18.2 Å². The Labute approximate surface area is 106 Å². The van der Waals surface area contributed by atoms with Gasteiger partial charge in [0.15, 0.2) is 0 Å². The van der Waals surface area contributed by atoms with Crippen LogP contribution in [0.1, 0.15) is 6.42 Å². The Bertz CT molecular complexity index is 335. The number of para-hydroxylation sites is 1. The van der Waals surface area contributed by atoms with Crippen LogP contribution in [0.4, 0.5) is 5.69 Å². The number of anilines is 1. The third kappa shape index (κ3) is 3.83. The minimum atomic E-state index is 0.0330. The normalized spacial score (nSPS) is 9.80. The zero-order chi connectivity index (χ0) is 11.3. The van der Waals surface area contributed by atoms with Gasteiger partial charge in [-0.15, -0.1) is 0 Å². The van der Waals surface area contributed by atoms with Crippen LogP contribution in [0.3, 0.4) is 0 Å². The molecule has 0 heterocycles. The number of hydrogen-bond acceptors (Lipinski definition) is 2. The van der Waals surface area contributed by atoms with Crippen LogP contribution < -0.4 is 10.6 Å². The first-order chi connectivity index (χ1) is 7.15. The van der Waals surface area contributed by atoms with E-state index in [1.165, 1.54) is 0 Å². The first-order valence-electron chi connectivity index (χ1n) is 4.53. The van der Waals surface area contributed by atoms with Gasteiger partial charge in [0, 0.05) is 29.0 Å².